The second kappa shape index (κ2) is 12.4. The van der Waals surface area contributed by atoms with Gasteiger partial charge in [0.25, 0.3) is 5.78 Å². The van der Waals surface area contributed by atoms with Gasteiger partial charge in [0, 0.05) is 10.6 Å². The van der Waals surface area contributed by atoms with E-state index >= 15 is 0 Å². The van der Waals surface area contributed by atoms with Crippen LogP contribution in [0.1, 0.15) is 29.7 Å². The minimum atomic E-state index is -1.00. The smallest absolute Gasteiger partial charge is 0.301 e. The summed E-state index contributed by atoms with van der Waals surface area (Å²) in [6, 6.07) is 25.8. The van der Waals surface area contributed by atoms with Gasteiger partial charge in [-0.05, 0) is 72.6 Å². The fourth-order valence-electron chi connectivity index (χ4n) is 5.05. The number of aromatic nitrogens is 1. The predicted molar refractivity (Wildman–Crippen MR) is 171 cm³/mol. The van der Waals surface area contributed by atoms with Crippen molar-refractivity contribution >= 4 is 55.7 Å². The molecule has 0 spiro atoms. The Bertz CT molecular complexity index is 1890. The number of aliphatic hydroxyl groups is 1. The highest BCUT2D eigenvalue weighted by Gasteiger charge is 2.48. The molecule has 1 fully saturated rings. The van der Waals surface area contributed by atoms with E-state index in [2.05, 4.69) is 4.98 Å². The van der Waals surface area contributed by atoms with Gasteiger partial charge in [0.05, 0.1) is 35.5 Å². The minimum Gasteiger partial charge on any atom is -0.507 e. The first-order valence-electron chi connectivity index (χ1n) is 13.8. The first-order valence-corrected chi connectivity index (χ1v) is 15.0. The topological polar surface area (TPSA) is 98.2 Å². The summed E-state index contributed by atoms with van der Waals surface area (Å²) in [6.07, 6.45) is 0. The molecule has 1 unspecified atom stereocenters. The summed E-state index contributed by atoms with van der Waals surface area (Å²) in [5.41, 5.74) is 2.44. The Morgan fingerprint density at radius 3 is 2.45 bits per heavy atom. The van der Waals surface area contributed by atoms with E-state index < -0.39 is 17.7 Å². The van der Waals surface area contributed by atoms with Gasteiger partial charge in [-0.1, -0.05) is 59.3 Å². The van der Waals surface area contributed by atoms with E-state index in [0.29, 0.717) is 57.3 Å². The molecule has 1 aliphatic rings. The molecule has 0 radical (unpaired) electrons. The van der Waals surface area contributed by atoms with Crippen molar-refractivity contribution in [3.63, 3.8) is 0 Å². The molecule has 10 heteroatoms. The van der Waals surface area contributed by atoms with Gasteiger partial charge in [-0.15, -0.1) is 0 Å². The highest BCUT2D eigenvalue weighted by Crippen LogP contribution is 2.46. The summed E-state index contributed by atoms with van der Waals surface area (Å²) in [5, 5.41) is 12.3. The number of benzene rings is 4. The van der Waals surface area contributed by atoms with E-state index in [4.69, 9.17) is 25.8 Å². The lowest BCUT2D eigenvalue weighted by molar-refractivity contribution is -0.132. The van der Waals surface area contributed by atoms with Crippen LogP contribution in [0.5, 0.6) is 17.2 Å². The summed E-state index contributed by atoms with van der Waals surface area (Å²) >= 11 is 7.32. The van der Waals surface area contributed by atoms with Gasteiger partial charge in [-0.3, -0.25) is 14.5 Å². The molecule has 6 rings (SSSR count). The molecule has 8 nitrogen and oxygen atoms in total. The summed E-state index contributed by atoms with van der Waals surface area (Å²) in [7, 11) is 1.57. The number of hydrogen-bond donors (Lipinski definition) is 1. The first kappa shape index (κ1) is 29.2. The lowest BCUT2D eigenvalue weighted by Crippen LogP contribution is -2.29. The van der Waals surface area contributed by atoms with Crippen molar-refractivity contribution < 1.29 is 28.9 Å². The van der Waals surface area contributed by atoms with Crippen molar-refractivity contribution in [1.82, 2.24) is 4.98 Å². The lowest BCUT2D eigenvalue weighted by Gasteiger charge is -2.24. The molecule has 0 saturated carbocycles. The van der Waals surface area contributed by atoms with Gasteiger partial charge >= 0.3 is 5.91 Å². The van der Waals surface area contributed by atoms with Crippen LogP contribution in [0.4, 0.5) is 5.13 Å². The van der Waals surface area contributed by atoms with Crippen LogP contribution in [0.3, 0.4) is 0 Å². The zero-order valence-electron chi connectivity index (χ0n) is 23.8. The second-order valence-electron chi connectivity index (χ2n) is 9.92. The summed E-state index contributed by atoms with van der Waals surface area (Å²) < 4.78 is 18.2. The van der Waals surface area contributed by atoms with Gasteiger partial charge in [0.1, 0.15) is 18.1 Å². The number of rotatable bonds is 9. The van der Waals surface area contributed by atoms with Crippen LogP contribution in [0, 0.1) is 0 Å². The average molecular weight is 627 g/mol. The zero-order chi connectivity index (χ0) is 30.8. The maximum Gasteiger partial charge on any atom is 0.301 e. The third kappa shape index (κ3) is 5.59. The number of carbonyl (C=O) groups is 2. The van der Waals surface area contributed by atoms with Crippen LogP contribution in [0.25, 0.3) is 16.0 Å². The van der Waals surface area contributed by atoms with Gasteiger partial charge in [-0.25, -0.2) is 4.98 Å². The van der Waals surface area contributed by atoms with Crippen LogP contribution in [-0.4, -0.2) is 35.5 Å². The van der Waals surface area contributed by atoms with Crippen molar-refractivity contribution in [3.8, 4) is 17.2 Å². The molecule has 222 valence electrons. The molecule has 1 aromatic heterocycles. The minimum absolute atomic E-state index is 0.0745. The normalized spacial score (nSPS) is 16.0. The van der Waals surface area contributed by atoms with Crippen molar-refractivity contribution in [3.05, 3.63) is 118 Å². The number of aliphatic hydroxyl groups excluding tert-OH is 1. The lowest BCUT2D eigenvalue weighted by atomic mass is 9.95. The molecule has 44 heavy (non-hydrogen) atoms. The Kier molecular flexibility index (Phi) is 8.23. The van der Waals surface area contributed by atoms with Crippen LogP contribution in [0.2, 0.25) is 5.02 Å². The molecule has 1 N–H and O–H groups in total. The van der Waals surface area contributed by atoms with Gasteiger partial charge in [0.15, 0.2) is 16.6 Å². The number of amides is 1. The number of hydrogen-bond acceptors (Lipinski definition) is 8. The van der Waals surface area contributed by atoms with Crippen molar-refractivity contribution in [2.24, 2.45) is 0 Å². The molecular weight excluding hydrogens is 600 g/mol. The molecule has 0 aliphatic carbocycles. The van der Waals surface area contributed by atoms with E-state index in [0.717, 1.165) is 10.3 Å². The van der Waals surface area contributed by atoms with Crippen LogP contribution >= 0.6 is 22.9 Å². The van der Waals surface area contributed by atoms with E-state index in [1.54, 1.807) is 61.7 Å². The van der Waals surface area contributed by atoms with E-state index in [1.165, 1.54) is 16.2 Å². The number of halogens is 1. The van der Waals surface area contributed by atoms with Crippen molar-refractivity contribution in [2.45, 2.75) is 19.6 Å². The molecule has 1 aliphatic heterocycles. The number of thiazole rings is 1. The number of fused-ring (bicyclic) bond motifs is 1. The largest absolute Gasteiger partial charge is 0.507 e. The van der Waals surface area contributed by atoms with E-state index in [1.807, 2.05) is 43.3 Å². The number of anilines is 1. The SMILES string of the molecule is CCOc1cc(C2/C(=C(\O)c3ccc(Cl)cc3)C(=O)C(=O)N2c2nc3ccc(OC)cc3s2)ccc1OCc1ccccc1. The van der Waals surface area contributed by atoms with Crippen LogP contribution < -0.4 is 19.1 Å². The fourth-order valence-corrected chi connectivity index (χ4v) is 6.20. The molecule has 2 heterocycles. The summed E-state index contributed by atoms with van der Waals surface area (Å²) in [5.74, 6) is -0.382. The Labute approximate surface area is 262 Å². The van der Waals surface area contributed by atoms with Crippen molar-refractivity contribution in [2.75, 3.05) is 18.6 Å². The number of ketones is 1. The Morgan fingerprint density at radius 1 is 0.955 bits per heavy atom. The number of methoxy groups -OCH3 is 1. The number of Topliss-reactive ketones (excluding diaryl/α,β-unsaturated/α-hetero) is 1. The fraction of sp³-hybridized carbons (Fsp3) is 0.147. The molecule has 5 aromatic rings. The van der Waals surface area contributed by atoms with Gasteiger partial charge < -0.3 is 19.3 Å². The average Bonchev–Trinajstić information content (AvgIpc) is 3.58. The zero-order valence-corrected chi connectivity index (χ0v) is 25.4. The van der Waals surface area contributed by atoms with Crippen LogP contribution in [0.15, 0.2) is 96.6 Å². The molecule has 1 saturated heterocycles. The van der Waals surface area contributed by atoms with Crippen molar-refractivity contribution in [1.29, 1.82) is 0 Å². The third-order valence-electron chi connectivity index (χ3n) is 7.17. The molecule has 4 aromatic carbocycles. The van der Waals surface area contributed by atoms with Gasteiger partial charge in [0.2, 0.25) is 0 Å². The maximum atomic E-state index is 13.7. The number of carbonyl (C=O) groups excluding carboxylic acids is 2. The predicted octanol–water partition coefficient (Wildman–Crippen LogP) is 7.56. The molecule has 1 amide bonds. The maximum absolute atomic E-state index is 13.7. The first-order chi connectivity index (χ1) is 21.4. The monoisotopic (exact) mass is 626 g/mol. The van der Waals surface area contributed by atoms with Crippen LogP contribution in [-0.2, 0) is 16.2 Å². The number of ether oxygens (including phenoxy) is 3. The highest BCUT2D eigenvalue weighted by atomic mass is 35.5. The van der Waals surface area contributed by atoms with E-state index in [9.17, 15) is 14.7 Å². The standard InChI is InChI=1S/C34H27ClN2O6S/c1-3-42-27-17-22(11-16-26(27)43-19-20-7-5-4-6-8-20)30-29(31(38)21-9-12-23(35)13-10-21)32(39)33(40)37(30)34-36-25-15-14-24(41-2)18-28(25)44-34/h4-18,30,38H,3,19H2,1-2H3/b31-29+. The molecule has 0 bridgehead atoms. The molecular formula is C34H27ClN2O6S. The number of nitrogens with zero attached hydrogens (tertiary/aromatic N) is 2. The molecule has 1 atom stereocenters. The Morgan fingerprint density at radius 2 is 1.73 bits per heavy atom. The Hall–Kier alpha value is -4.86. The Balaban J connectivity index is 1.48. The van der Waals surface area contributed by atoms with E-state index in [-0.39, 0.29) is 11.3 Å². The van der Waals surface area contributed by atoms with Gasteiger partial charge in [-0.2, -0.15) is 0 Å². The second-order valence-corrected chi connectivity index (χ2v) is 11.4. The summed E-state index contributed by atoms with van der Waals surface area (Å²) in [4.78, 5) is 33.4. The highest BCUT2D eigenvalue weighted by molar-refractivity contribution is 7.22. The summed E-state index contributed by atoms with van der Waals surface area (Å²) in [6.45, 7) is 2.54. The third-order valence-corrected chi connectivity index (χ3v) is 8.44. The quantitative estimate of drug-likeness (QED) is 0.102.